The Hall–Kier alpha value is -1.17. The molecule has 1 amide bonds. The molecular formula is C12H14ClN3OS. The van der Waals surface area contributed by atoms with Crippen LogP contribution >= 0.6 is 22.9 Å². The third-order valence-electron chi connectivity index (χ3n) is 2.49. The first-order valence-electron chi connectivity index (χ1n) is 5.74. The van der Waals surface area contributed by atoms with E-state index in [9.17, 15) is 4.79 Å². The molecule has 18 heavy (non-hydrogen) atoms. The summed E-state index contributed by atoms with van der Waals surface area (Å²) in [6.07, 6.45) is 0.421. The van der Waals surface area contributed by atoms with Gasteiger partial charge < -0.3 is 10.6 Å². The molecule has 0 saturated heterocycles. The third kappa shape index (κ3) is 2.98. The Kier molecular flexibility index (Phi) is 4.52. The molecule has 2 aromatic rings. The Morgan fingerprint density at radius 1 is 1.50 bits per heavy atom. The van der Waals surface area contributed by atoms with Gasteiger partial charge in [-0.2, -0.15) is 0 Å². The van der Waals surface area contributed by atoms with Gasteiger partial charge >= 0.3 is 0 Å². The average Bonchev–Trinajstić information content (AvgIpc) is 2.82. The van der Waals surface area contributed by atoms with Crippen molar-refractivity contribution in [2.75, 3.05) is 18.4 Å². The SMILES string of the molecule is CCNCCC(=O)Nc1c(Cl)ccc2scnc12. The van der Waals surface area contributed by atoms with Crippen LogP contribution in [0.1, 0.15) is 13.3 Å². The van der Waals surface area contributed by atoms with E-state index in [4.69, 9.17) is 11.6 Å². The molecule has 0 aliphatic carbocycles. The maximum atomic E-state index is 11.8. The summed E-state index contributed by atoms with van der Waals surface area (Å²) in [6.45, 7) is 3.52. The van der Waals surface area contributed by atoms with Crippen molar-refractivity contribution in [2.24, 2.45) is 0 Å². The van der Waals surface area contributed by atoms with Gasteiger partial charge in [0.15, 0.2) is 0 Å². The molecule has 0 bridgehead atoms. The number of carbonyl (C=O) groups is 1. The minimum Gasteiger partial charge on any atom is -0.323 e. The predicted octanol–water partition coefficient (Wildman–Crippen LogP) is 2.89. The summed E-state index contributed by atoms with van der Waals surface area (Å²) in [4.78, 5) is 16.0. The number of nitrogens with one attached hydrogen (secondary N) is 2. The molecule has 0 aliphatic heterocycles. The third-order valence-corrected chi connectivity index (χ3v) is 3.60. The van der Waals surface area contributed by atoms with Gasteiger partial charge in [-0.05, 0) is 18.7 Å². The lowest BCUT2D eigenvalue weighted by Crippen LogP contribution is -2.21. The largest absolute Gasteiger partial charge is 0.323 e. The van der Waals surface area contributed by atoms with Gasteiger partial charge in [0.25, 0.3) is 0 Å². The summed E-state index contributed by atoms with van der Waals surface area (Å²) in [5.74, 6) is -0.0571. The second-order valence-corrected chi connectivity index (χ2v) is 5.07. The minimum absolute atomic E-state index is 0.0571. The van der Waals surface area contributed by atoms with Gasteiger partial charge in [-0.25, -0.2) is 4.98 Å². The number of fused-ring (bicyclic) bond motifs is 1. The van der Waals surface area contributed by atoms with Gasteiger partial charge in [0.05, 0.1) is 20.9 Å². The highest BCUT2D eigenvalue weighted by Gasteiger charge is 2.11. The van der Waals surface area contributed by atoms with E-state index in [1.807, 2.05) is 13.0 Å². The fourth-order valence-electron chi connectivity index (χ4n) is 1.61. The van der Waals surface area contributed by atoms with E-state index >= 15 is 0 Å². The number of hydrogen-bond donors (Lipinski definition) is 2. The molecule has 0 unspecified atom stereocenters. The second-order valence-electron chi connectivity index (χ2n) is 3.77. The molecule has 4 nitrogen and oxygen atoms in total. The zero-order chi connectivity index (χ0) is 13.0. The smallest absolute Gasteiger partial charge is 0.225 e. The van der Waals surface area contributed by atoms with Gasteiger partial charge in [0, 0.05) is 13.0 Å². The van der Waals surface area contributed by atoms with Crippen LogP contribution in [0.5, 0.6) is 0 Å². The first-order valence-corrected chi connectivity index (χ1v) is 7.00. The fraction of sp³-hybridized carbons (Fsp3) is 0.333. The Labute approximate surface area is 114 Å². The lowest BCUT2D eigenvalue weighted by molar-refractivity contribution is -0.116. The number of thiazole rings is 1. The van der Waals surface area contributed by atoms with Gasteiger partial charge in [-0.1, -0.05) is 18.5 Å². The van der Waals surface area contributed by atoms with Crippen LogP contribution in [0.4, 0.5) is 5.69 Å². The standard InChI is InChI=1S/C12H14ClN3OS/c1-2-14-6-5-10(17)16-11-8(13)3-4-9-12(11)15-7-18-9/h3-4,7,14H,2,5-6H2,1H3,(H,16,17). The van der Waals surface area contributed by atoms with Crippen molar-refractivity contribution in [3.63, 3.8) is 0 Å². The van der Waals surface area contributed by atoms with Crippen molar-refractivity contribution >= 4 is 44.7 Å². The normalized spacial score (nSPS) is 10.8. The second kappa shape index (κ2) is 6.13. The Bertz CT molecular complexity index is 555. The van der Waals surface area contributed by atoms with Crippen molar-refractivity contribution < 1.29 is 4.79 Å². The van der Waals surface area contributed by atoms with Crippen LogP contribution in [0, 0.1) is 0 Å². The summed E-state index contributed by atoms with van der Waals surface area (Å²) in [5.41, 5.74) is 3.11. The number of carbonyl (C=O) groups excluding carboxylic acids is 1. The Balaban J connectivity index is 2.13. The average molecular weight is 284 g/mol. The molecular weight excluding hydrogens is 270 g/mol. The highest BCUT2D eigenvalue weighted by molar-refractivity contribution is 7.16. The van der Waals surface area contributed by atoms with Crippen LogP contribution in [0.3, 0.4) is 0 Å². The van der Waals surface area contributed by atoms with Gasteiger partial charge in [0.2, 0.25) is 5.91 Å². The molecule has 0 aliphatic rings. The van der Waals surface area contributed by atoms with E-state index < -0.39 is 0 Å². The minimum atomic E-state index is -0.0571. The van der Waals surface area contributed by atoms with Crippen LogP contribution in [-0.4, -0.2) is 24.0 Å². The molecule has 2 N–H and O–H groups in total. The number of anilines is 1. The number of aromatic nitrogens is 1. The first kappa shape index (κ1) is 13.3. The molecule has 0 fully saturated rings. The van der Waals surface area contributed by atoms with Gasteiger partial charge in [-0.3, -0.25) is 4.79 Å². The topological polar surface area (TPSA) is 54.0 Å². The van der Waals surface area contributed by atoms with E-state index in [-0.39, 0.29) is 5.91 Å². The predicted molar refractivity (Wildman–Crippen MR) is 76.4 cm³/mol. The number of hydrogen-bond acceptors (Lipinski definition) is 4. The van der Waals surface area contributed by atoms with Crippen molar-refractivity contribution in [3.05, 3.63) is 22.7 Å². The van der Waals surface area contributed by atoms with Gasteiger partial charge in [0.1, 0.15) is 5.52 Å². The van der Waals surface area contributed by atoms with E-state index in [2.05, 4.69) is 15.6 Å². The Morgan fingerprint density at radius 3 is 3.11 bits per heavy atom. The summed E-state index contributed by atoms with van der Waals surface area (Å²) >= 11 is 7.63. The molecule has 1 aromatic carbocycles. The lowest BCUT2D eigenvalue weighted by atomic mass is 10.2. The number of halogens is 1. The zero-order valence-corrected chi connectivity index (χ0v) is 11.6. The summed E-state index contributed by atoms with van der Waals surface area (Å²) < 4.78 is 1.02. The maximum absolute atomic E-state index is 11.8. The number of benzene rings is 1. The molecule has 0 atom stereocenters. The van der Waals surface area contributed by atoms with Crippen LogP contribution < -0.4 is 10.6 Å². The maximum Gasteiger partial charge on any atom is 0.225 e. The summed E-state index contributed by atoms with van der Waals surface area (Å²) in [7, 11) is 0. The van der Waals surface area contributed by atoms with Gasteiger partial charge in [-0.15, -0.1) is 11.3 Å². The number of rotatable bonds is 5. The molecule has 0 radical (unpaired) electrons. The zero-order valence-electron chi connectivity index (χ0n) is 10.00. The quantitative estimate of drug-likeness (QED) is 0.830. The van der Waals surface area contributed by atoms with Crippen LogP contribution in [-0.2, 0) is 4.79 Å². The summed E-state index contributed by atoms with van der Waals surface area (Å²) in [6, 6.07) is 3.69. The number of amides is 1. The molecule has 6 heteroatoms. The lowest BCUT2D eigenvalue weighted by Gasteiger charge is -2.08. The number of nitrogens with zero attached hydrogens (tertiary/aromatic N) is 1. The molecule has 2 rings (SSSR count). The van der Waals surface area contributed by atoms with Crippen molar-refractivity contribution in [1.82, 2.24) is 10.3 Å². The van der Waals surface area contributed by atoms with Crippen molar-refractivity contribution in [1.29, 1.82) is 0 Å². The van der Waals surface area contributed by atoms with E-state index in [0.29, 0.717) is 23.7 Å². The Morgan fingerprint density at radius 2 is 2.33 bits per heavy atom. The van der Waals surface area contributed by atoms with Crippen LogP contribution in [0.25, 0.3) is 10.2 Å². The van der Waals surface area contributed by atoms with E-state index in [0.717, 1.165) is 16.8 Å². The van der Waals surface area contributed by atoms with Crippen molar-refractivity contribution in [2.45, 2.75) is 13.3 Å². The fourth-order valence-corrected chi connectivity index (χ4v) is 2.49. The first-order chi connectivity index (χ1) is 8.72. The van der Waals surface area contributed by atoms with Crippen LogP contribution in [0.15, 0.2) is 17.6 Å². The van der Waals surface area contributed by atoms with Crippen LogP contribution in [0.2, 0.25) is 5.02 Å². The molecule has 0 saturated carbocycles. The highest BCUT2D eigenvalue weighted by Crippen LogP contribution is 2.32. The monoisotopic (exact) mass is 283 g/mol. The summed E-state index contributed by atoms with van der Waals surface area (Å²) in [5, 5.41) is 6.45. The molecule has 1 aromatic heterocycles. The molecule has 96 valence electrons. The molecule has 0 spiro atoms. The molecule has 1 heterocycles. The van der Waals surface area contributed by atoms with E-state index in [1.54, 1.807) is 11.6 Å². The van der Waals surface area contributed by atoms with E-state index in [1.165, 1.54) is 11.3 Å². The van der Waals surface area contributed by atoms with Crippen molar-refractivity contribution in [3.8, 4) is 0 Å². The highest BCUT2D eigenvalue weighted by atomic mass is 35.5.